The Morgan fingerprint density at radius 3 is 2.42 bits per heavy atom. The molecule has 1 aromatic carbocycles. The van der Waals surface area contributed by atoms with Gasteiger partial charge in [0.2, 0.25) is 5.91 Å². The van der Waals surface area contributed by atoms with Crippen LogP contribution in [-0.2, 0) is 15.0 Å². The van der Waals surface area contributed by atoms with E-state index in [0.29, 0.717) is 0 Å². The number of hydrogen-bond acceptors (Lipinski definition) is 3. The second-order valence-electron chi connectivity index (χ2n) is 4.58. The Hall–Kier alpha value is -0.950. The first-order valence-electron chi connectivity index (χ1n) is 5.77. The van der Waals surface area contributed by atoms with E-state index in [1.807, 2.05) is 24.3 Å². The first kappa shape index (κ1) is 14.5. The molecule has 0 N–H and O–H groups in total. The van der Waals surface area contributed by atoms with Crippen molar-refractivity contribution in [2.75, 3.05) is 6.54 Å². The second-order valence-corrected chi connectivity index (χ2v) is 7.11. The topological polar surface area (TPSA) is 54.5 Å². The molecule has 1 aromatic rings. The fourth-order valence-electron chi connectivity index (χ4n) is 2.18. The van der Waals surface area contributed by atoms with Crippen molar-refractivity contribution in [3.05, 3.63) is 34.3 Å². The minimum Gasteiger partial charge on any atom is -0.334 e. The van der Waals surface area contributed by atoms with E-state index in [1.165, 1.54) is 4.90 Å². The van der Waals surface area contributed by atoms with Gasteiger partial charge in [-0.15, -0.1) is 3.89 Å². The largest absolute Gasteiger partial charge is 0.334 e. The summed E-state index contributed by atoms with van der Waals surface area (Å²) in [5.41, 5.74) is 0.883. The van der Waals surface area contributed by atoms with Crippen molar-refractivity contribution in [2.24, 2.45) is 0 Å². The summed E-state index contributed by atoms with van der Waals surface area (Å²) in [5.74, 6) is -0.332. The molecule has 0 saturated carbocycles. The average molecular weight is 350 g/mol. The fourth-order valence-corrected chi connectivity index (χ4v) is 3.13. The SMILES string of the molecule is C[C@@H](c1ccc(Br)cc1)N1CC(S(=O)(=O)F)CC1=O. The zero-order valence-corrected chi connectivity index (χ0v) is 12.6. The van der Waals surface area contributed by atoms with Gasteiger partial charge in [-0.3, -0.25) is 4.79 Å². The summed E-state index contributed by atoms with van der Waals surface area (Å²) in [7, 11) is -4.66. The highest BCUT2D eigenvalue weighted by atomic mass is 79.9. The zero-order chi connectivity index (χ0) is 14.2. The Kier molecular flexibility index (Phi) is 3.96. The predicted molar refractivity (Wildman–Crippen MR) is 72.7 cm³/mol. The minimum absolute atomic E-state index is 0.0884. The third kappa shape index (κ3) is 3.14. The average Bonchev–Trinajstić information content (AvgIpc) is 2.71. The monoisotopic (exact) mass is 349 g/mol. The molecule has 2 rings (SSSR count). The Balaban J connectivity index is 2.18. The molecule has 1 fully saturated rings. The van der Waals surface area contributed by atoms with Gasteiger partial charge in [0.1, 0.15) is 5.25 Å². The van der Waals surface area contributed by atoms with Gasteiger partial charge in [-0.1, -0.05) is 28.1 Å². The molecule has 1 amide bonds. The van der Waals surface area contributed by atoms with Crippen LogP contribution in [0.4, 0.5) is 3.89 Å². The maximum Gasteiger partial charge on any atom is 0.307 e. The lowest BCUT2D eigenvalue weighted by atomic mass is 10.1. The van der Waals surface area contributed by atoms with E-state index in [-0.39, 0.29) is 24.9 Å². The fraction of sp³-hybridized carbons (Fsp3) is 0.417. The van der Waals surface area contributed by atoms with Gasteiger partial charge in [-0.05, 0) is 24.6 Å². The molecule has 0 bridgehead atoms. The van der Waals surface area contributed by atoms with Crippen LogP contribution in [0, 0.1) is 0 Å². The summed E-state index contributed by atoms with van der Waals surface area (Å²) in [6, 6.07) is 7.11. The first-order valence-corrected chi connectivity index (χ1v) is 8.01. The molecular formula is C12H13BrFNO3S. The van der Waals surface area contributed by atoms with Gasteiger partial charge in [-0.2, -0.15) is 8.42 Å². The molecule has 19 heavy (non-hydrogen) atoms. The summed E-state index contributed by atoms with van der Waals surface area (Å²) in [5, 5.41) is -1.24. The number of amides is 1. The van der Waals surface area contributed by atoms with E-state index >= 15 is 0 Å². The standard InChI is InChI=1S/C12H13BrFNO3S/c1-8(9-2-4-10(13)5-3-9)15-7-11(6-12(15)16)19(14,17)18/h2-5,8,11H,6-7H2,1H3/t8-,11?/m0/s1. The molecule has 1 unspecified atom stereocenters. The normalized spacial score (nSPS) is 21.7. The van der Waals surface area contributed by atoms with Crippen molar-refractivity contribution in [3.8, 4) is 0 Å². The molecule has 1 saturated heterocycles. The Bertz CT molecular complexity index is 587. The second kappa shape index (κ2) is 5.20. The number of benzene rings is 1. The number of nitrogens with zero attached hydrogens (tertiary/aromatic N) is 1. The van der Waals surface area contributed by atoms with Crippen LogP contribution in [-0.4, -0.2) is 31.0 Å². The molecule has 104 valence electrons. The van der Waals surface area contributed by atoms with Crippen molar-refractivity contribution < 1.29 is 17.1 Å². The Labute approximate surface area is 119 Å². The van der Waals surface area contributed by atoms with E-state index < -0.39 is 15.5 Å². The van der Waals surface area contributed by atoms with E-state index in [4.69, 9.17) is 0 Å². The number of hydrogen-bond donors (Lipinski definition) is 0. The van der Waals surface area contributed by atoms with Gasteiger partial charge in [0.05, 0.1) is 6.04 Å². The van der Waals surface area contributed by atoms with E-state index in [2.05, 4.69) is 15.9 Å². The summed E-state index contributed by atoms with van der Waals surface area (Å²) >= 11 is 3.32. The maximum atomic E-state index is 12.9. The smallest absolute Gasteiger partial charge is 0.307 e. The quantitative estimate of drug-likeness (QED) is 0.787. The number of halogens is 2. The lowest BCUT2D eigenvalue weighted by Crippen LogP contribution is -2.30. The van der Waals surface area contributed by atoms with Crippen molar-refractivity contribution >= 4 is 32.1 Å². The van der Waals surface area contributed by atoms with Gasteiger partial charge in [0, 0.05) is 17.4 Å². The number of likely N-dealkylation sites (tertiary alicyclic amines) is 1. The number of rotatable bonds is 3. The van der Waals surface area contributed by atoms with Crippen LogP contribution in [0.3, 0.4) is 0 Å². The summed E-state index contributed by atoms with van der Waals surface area (Å²) in [6.45, 7) is 1.71. The first-order chi connectivity index (χ1) is 8.79. The highest BCUT2D eigenvalue weighted by Crippen LogP contribution is 2.29. The zero-order valence-electron chi connectivity index (χ0n) is 10.2. The van der Waals surface area contributed by atoms with Gasteiger partial charge < -0.3 is 4.90 Å². The van der Waals surface area contributed by atoms with E-state index in [1.54, 1.807) is 6.92 Å². The van der Waals surface area contributed by atoms with Crippen molar-refractivity contribution in [2.45, 2.75) is 24.6 Å². The van der Waals surface area contributed by atoms with E-state index in [0.717, 1.165) is 10.0 Å². The van der Waals surface area contributed by atoms with Gasteiger partial charge in [-0.25, -0.2) is 0 Å². The molecule has 2 atom stereocenters. The van der Waals surface area contributed by atoms with Crippen molar-refractivity contribution in [3.63, 3.8) is 0 Å². The van der Waals surface area contributed by atoms with Crippen LogP contribution in [0.2, 0.25) is 0 Å². The molecule has 1 heterocycles. The summed E-state index contributed by atoms with van der Waals surface area (Å²) in [6.07, 6.45) is -0.278. The van der Waals surface area contributed by atoms with Crippen LogP contribution < -0.4 is 0 Å². The number of carbonyl (C=O) groups excluding carboxylic acids is 1. The molecule has 1 aliphatic heterocycles. The third-order valence-corrected chi connectivity index (χ3v) is 4.98. The van der Waals surface area contributed by atoms with Crippen LogP contribution >= 0.6 is 15.9 Å². The highest BCUT2D eigenvalue weighted by Gasteiger charge is 2.40. The molecule has 4 nitrogen and oxygen atoms in total. The van der Waals surface area contributed by atoms with Gasteiger partial charge in [0.15, 0.2) is 0 Å². The van der Waals surface area contributed by atoms with Crippen molar-refractivity contribution in [1.29, 1.82) is 0 Å². The van der Waals surface area contributed by atoms with Crippen LogP contribution in [0.1, 0.15) is 24.9 Å². The lowest BCUT2D eigenvalue weighted by molar-refractivity contribution is -0.129. The molecule has 1 aliphatic rings. The molecular weight excluding hydrogens is 337 g/mol. The minimum atomic E-state index is -4.66. The van der Waals surface area contributed by atoms with E-state index in [9.17, 15) is 17.1 Å². The Morgan fingerprint density at radius 2 is 1.95 bits per heavy atom. The molecule has 0 aliphatic carbocycles. The molecule has 0 aromatic heterocycles. The van der Waals surface area contributed by atoms with Crippen LogP contribution in [0.25, 0.3) is 0 Å². The highest BCUT2D eigenvalue weighted by molar-refractivity contribution is 9.10. The molecule has 0 radical (unpaired) electrons. The molecule has 7 heteroatoms. The maximum absolute atomic E-state index is 12.9. The Morgan fingerprint density at radius 1 is 1.37 bits per heavy atom. The van der Waals surface area contributed by atoms with Gasteiger partial charge in [0.25, 0.3) is 0 Å². The molecule has 0 spiro atoms. The van der Waals surface area contributed by atoms with Gasteiger partial charge >= 0.3 is 10.2 Å². The number of carbonyl (C=O) groups is 1. The lowest BCUT2D eigenvalue weighted by Gasteiger charge is -2.24. The third-order valence-electron chi connectivity index (χ3n) is 3.34. The summed E-state index contributed by atoms with van der Waals surface area (Å²) < 4.78 is 35.6. The predicted octanol–water partition coefficient (Wildman–Crippen LogP) is 2.41. The van der Waals surface area contributed by atoms with Crippen LogP contribution in [0.15, 0.2) is 28.7 Å². The summed E-state index contributed by atoms with van der Waals surface area (Å²) in [4.78, 5) is 13.2. The van der Waals surface area contributed by atoms with Crippen molar-refractivity contribution in [1.82, 2.24) is 4.90 Å². The van der Waals surface area contributed by atoms with Crippen LogP contribution in [0.5, 0.6) is 0 Å².